The van der Waals surface area contributed by atoms with E-state index in [0.717, 1.165) is 56.7 Å². The molecule has 0 aliphatic carbocycles. The molecule has 0 radical (unpaired) electrons. The van der Waals surface area contributed by atoms with E-state index >= 15 is 0 Å². The average Bonchev–Trinajstić information content (AvgIpc) is 3.14. The van der Waals surface area contributed by atoms with Crippen molar-refractivity contribution in [3.63, 3.8) is 0 Å². The molecule has 2 aliphatic heterocycles. The minimum absolute atomic E-state index is 0.199. The van der Waals surface area contributed by atoms with E-state index in [4.69, 9.17) is 19.8 Å². The van der Waals surface area contributed by atoms with Crippen LogP contribution in [-0.2, 0) is 27.5 Å². The van der Waals surface area contributed by atoms with Gasteiger partial charge in [0.25, 0.3) is 0 Å². The third-order valence-corrected chi connectivity index (χ3v) is 5.95. The van der Waals surface area contributed by atoms with Crippen molar-refractivity contribution >= 4 is 17.8 Å². The summed E-state index contributed by atoms with van der Waals surface area (Å²) in [5, 5.41) is 14.2. The molecular weight excluding hydrogens is 538 g/mol. The normalized spacial score (nSPS) is 19.5. The molecule has 9 nitrogen and oxygen atoms in total. The Bertz CT molecular complexity index is 1080. The zero-order valence-corrected chi connectivity index (χ0v) is 20.5. The number of alkyl halides is 6. The molecule has 0 saturated carbocycles. The van der Waals surface area contributed by atoms with E-state index in [9.17, 15) is 31.1 Å². The summed E-state index contributed by atoms with van der Waals surface area (Å²) < 4.78 is 63.5. The molecule has 1 spiro atoms. The standard InChI is InChI=1S/C20H24N4O.2C2HF3O2/c25-19-20(8-12-24(19)14-17-5-3-9-21-13-17)7-4-11-23(16-20)15-18-6-1-2-10-22-18;2*3-2(4,5)1(6)7/h1-3,5-6,9-10,13H,4,7-8,11-12,14-16H2;2*(H,6,7). The molecule has 4 rings (SSSR count). The van der Waals surface area contributed by atoms with E-state index < -0.39 is 24.3 Å². The molecule has 4 heterocycles. The predicted octanol–water partition coefficient (Wildman–Crippen LogP) is 3.76. The van der Waals surface area contributed by atoms with Crippen LogP contribution in [0.25, 0.3) is 0 Å². The van der Waals surface area contributed by atoms with Crippen LogP contribution in [0.1, 0.15) is 30.5 Å². The predicted molar refractivity (Wildman–Crippen MR) is 123 cm³/mol. The number of pyridine rings is 2. The van der Waals surface area contributed by atoms with E-state index in [1.165, 1.54) is 0 Å². The van der Waals surface area contributed by atoms with Crippen LogP contribution in [0.5, 0.6) is 0 Å². The number of aromatic nitrogens is 2. The summed E-state index contributed by atoms with van der Waals surface area (Å²) >= 11 is 0. The fraction of sp³-hybridized carbons (Fsp3) is 0.458. The number of hydrogen-bond acceptors (Lipinski definition) is 6. The first kappa shape index (κ1) is 31.5. The molecule has 1 unspecified atom stereocenters. The number of amides is 1. The zero-order chi connectivity index (χ0) is 29.3. The molecule has 1 amide bonds. The van der Waals surface area contributed by atoms with Crippen molar-refractivity contribution in [2.24, 2.45) is 5.41 Å². The van der Waals surface area contributed by atoms with Crippen molar-refractivity contribution in [2.45, 2.75) is 44.7 Å². The summed E-state index contributed by atoms with van der Waals surface area (Å²) in [5.74, 6) is -5.19. The number of halogens is 6. The van der Waals surface area contributed by atoms with E-state index in [-0.39, 0.29) is 5.41 Å². The van der Waals surface area contributed by atoms with Gasteiger partial charge in [0.2, 0.25) is 5.91 Å². The van der Waals surface area contributed by atoms with Gasteiger partial charge in [0, 0.05) is 44.8 Å². The number of aliphatic carboxylic acids is 2. The summed E-state index contributed by atoms with van der Waals surface area (Å²) in [7, 11) is 0. The number of piperidine rings is 1. The molecule has 2 aromatic heterocycles. The molecule has 0 aromatic carbocycles. The molecule has 2 saturated heterocycles. The van der Waals surface area contributed by atoms with Crippen molar-refractivity contribution in [3.05, 3.63) is 60.2 Å². The van der Waals surface area contributed by atoms with Crippen LogP contribution in [-0.4, -0.2) is 79.8 Å². The molecule has 2 N–H and O–H groups in total. The number of rotatable bonds is 4. The third-order valence-electron chi connectivity index (χ3n) is 5.95. The summed E-state index contributed by atoms with van der Waals surface area (Å²) in [4.78, 5) is 44.0. The maximum absolute atomic E-state index is 13.1. The van der Waals surface area contributed by atoms with Gasteiger partial charge in [-0.05, 0) is 49.6 Å². The SMILES string of the molecule is O=C(O)C(F)(F)F.O=C(O)C(F)(F)F.O=C1N(Cc2cccnc2)CCC12CCCN(Cc1ccccn1)C2. The van der Waals surface area contributed by atoms with Crippen molar-refractivity contribution in [1.82, 2.24) is 19.8 Å². The Morgan fingerprint density at radius 1 is 0.897 bits per heavy atom. The van der Waals surface area contributed by atoms with E-state index in [1.807, 2.05) is 41.6 Å². The first-order valence-corrected chi connectivity index (χ1v) is 11.5. The molecule has 214 valence electrons. The Balaban J connectivity index is 0.000000317. The number of likely N-dealkylation sites (tertiary alicyclic amines) is 2. The van der Waals surface area contributed by atoms with E-state index in [0.29, 0.717) is 12.5 Å². The van der Waals surface area contributed by atoms with E-state index in [1.54, 1.807) is 6.20 Å². The molecule has 0 bridgehead atoms. The first-order valence-electron chi connectivity index (χ1n) is 11.5. The second-order valence-electron chi connectivity index (χ2n) is 8.86. The fourth-order valence-electron chi connectivity index (χ4n) is 4.22. The molecule has 39 heavy (non-hydrogen) atoms. The van der Waals surface area contributed by atoms with Gasteiger partial charge in [-0.1, -0.05) is 12.1 Å². The Hall–Kier alpha value is -3.75. The number of carbonyl (C=O) groups is 3. The number of carboxylic acid groups (broad SMARTS) is 2. The van der Waals surface area contributed by atoms with E-state index in [2.05, 4.69) is 20.9 Å². The van der Waals surface area contributed by atoms with Gasteiger partial charge < -0.3 is 15.1 Å². The molecule has 15 heteroatoms. The smallest absolute Gasteiger partial charge is 0.475 e. The molecule has 2 aliphatic rings. The Morgan fingerprint density at radius 2 is 1.54 bits per heavy atom. The van der Waals surface area contributed by atoms with Gasteiger partial charge in [-0.25, -0.2) is 9.59 Å². The lowest BCUT2D eigenvalue weighted by molar-refractivity contribution is -0.193. The molecule has 2 fully saturated rings. The van der Waals surface area contributed by atoms with Gasteiger partial charge in [-0.3, -0.25) is 19.7 Å². The largest absolute Gasteiger partial charge is 0.490 e. The Kier molecular flexibility index (Phi) is 10.8. The van der Waals surface area contributed by atoms with Crippen molar-refractivity contribution in [3.8, 4) is 0 Å². The monoisotopic (exact) mass is 564 g/mol. The van der Waals surface area contributed by atoms with Crippen LogP contribution in [0.3, 0.4) is 0 Å². The Morgan fingerprint density at radius 3 is 2.05 bits per heavy atom. The number of nitrogens with zero attached hydrogens (tertiary/aromatic N) is 4. The highest BCUT2D eigenvalue weighted by atomic mass is 19.4. The van der Waals surface area contributed by atoms with Gasteiger partial charge in [0.05, 0.1) is 11.1 Å². The van der Waals surface area contributed by atoms with Crippen LogP contribution >= 0.6 is 0 Å². The van der Waals surface area contributed by atoms with Crippen molar-refractivity contribution in [1.29, 1.82) is 0 Å². The summed E-state index contributed by atoms with van der Waals surface area (Å²) in [6, 6.07) is 10.0. The lowest BCUT2D eigenvalue weighted by Gasteiger charge is -2.39. The van der Waals surface area contributed by atoms with Gasteiger partial charge in [-0.2, -0.15) is 26.3 Å². The summed E-state index contributed by atoms with van der Waals surface area (Å²) in [5.41, 5.74) is 1.99. The van der Waals surface area contributed by atoms with Crippen LogP contribution in [0, 0.1) is 5.41 Å². The number of carbonyl (C=O) groups excluding carboxylic acids is 1. The molecule has 1 atom stereocenters. The van der Waals surface area contributed by atoms with Crippen LogP contribution in [0.15, 0.2) is 48.9 Å². The maximum atomic E-state index is 13.1. The fourth-order valence-corrected chi connectivity index (χ4v) is 4.22. The maximum Gasteiger partial charge on any atom is 0.490 e. The summed E-state index contributed by atoms with van der Waals surface area (Å²) in [6.07, 6.45) is -1.65. The highest BCUT2D eigenvalue weighted by Gasteiger charge is 2.48. The third kappa shape index (κ3) is 9.81. The lowest BCUT2D eigenvalue weighted by atomic mass is 9.78. The second-order valence-corrected chi connectivity index (χ2v) is 8.86. The van der Waals surface area contributed by atoms with Crippen molar-refractivity contribution < 1.29 is 50.9 Å². The Labute approximate surface area is 219 Å². The minimum Gasteiger partial charge on any atom is -0.475 e. The highest BCUT2D eigenvalue weighted by Crippen LogP contribution is 2.41. The lowest BCUT2D eigenvalue weighted by Crippen LogP contribution is -2.47. The highest BCUT2D eigenvalue weighted by molar-refractivity contribution is 5.85. The van der Waals surface area contributed by atoms with Gasteiger partial charge in [-0.15, -0.1) is 0 Å². The topological polar surface area (TPSA) is 124 Å². The average molecular weight is 564 g/mol. The second kappa shape index (κ2) is 13.4. The molecule has 2 aromatic rings. The summed E-state index contributed by atoms with van der Waals surface area (Å²) in [6.45, 7) is 4.26. The number of carboxylic acids is 2. The zero-order valence-electron chi connectivity index (χ0n) is 20.5. The van der Waals surface area contributed by atoms with Crippen LogP contribution in [0.4, 0.5) is 26.3 Å². The van der Waals surface area contributed by atoms with Gasteiger partial charge >= 0.3 is 24.3 Å². The van der Waals surface area contributed by atoms with Crippen LogP contribution in [0.2, 0.25) is 0 Å². The minimum atomic E-state index is -5.08. The quantitative estimate of drug-likeness (QED) is 0.539. The number of hydrogen-bond donors (Lipinski definition) is 2. The van der Waals surface area contributed by atoms with Crippen LogP contribution < -0.4 is 0 Å². The van der Waals surface area contributed by atoms with Crippen molar-refractivity contribution in [2.75, 3.05) is 19.6 Å². The first-order chi connectivity index (χ1) is 18.1. The van der Waals surface area contributed by atoms with Gasteiger partial charge in [0.15, 0.2) is 0 Å². The molecular formula is C24H26F6N4O5. The van der Waals surface area contributed by atoms with Gasteiger partial charge in [0.1, 0.15) is 0 Å².